The Kier molecular flexibility index (Phi) is 5.01. The van der Waals surface area contributed by atoms with E-state index in [1.807, 2.05) is 19.9 Å². The summed E-state index contributed by atoms with van der Waals surface area (Å²) < 4.78 is 0. The minimum Gasteiger partial charge on any atom is -0.409 e. The second-order valence-corrected chi connectivity index (χ2v) is 5.27. The molecule has 0 aromatic heterocycles. The quantitative estimate of drug-likeness (QED) is 0.239. The Labute approximate surface area is 109 Å². The summed E-state index contributed by atoms with van der Waals surface area (Å²) in [7, 11) is 0. The first-order valence-electron chi connectivity index (χ1n) is 6.24. The van der Waals surface area contributed by atoms with Crippen molar-refractivity contribution in [3.8, 4) is 0 Å². The molecule has 0 atom stereocenters. The van der Waals surface area contributed by atoms with Crippen LogP contribution >= 0.6 is 0 Å². The number of oxime groups is 1. The van der Waals surface area contributed by atoms with Gasteiger partial charge in [0.1, 0.15) is 5.84 Å². The predicted molar refractivity (Wildman–Crippen MR) is 76.1 cm³/mol. The smallest absolute Gasteiger partial charge is 0.144 e. The van der Waals surface area contributed by atoms with Gasteiger partial charge in [-0.2, -0.15) is 0 Å². The van der Waals surface area contributed by atoms with E-state index >= 15 is 0 Å². The number of hydrogen-bond acceptors (Lipinski definition) is 3. The Bertz CT molecular complexity index is 413. The number of nitrogens with zero attached hydrogens (tertiary/aromatic N) is 1. The van der Waals surface area contributed by atoms with Gasteiger partial charge in [-0.15, -0.1) is 0 Å². The highest BCUT2D eigenvalue weighted by atomic mass is 16.4. The molecule has 1 aromatic rings. The Balaban J connectivity index is 2.35. The van der Waals surface area contributed by atoms with Crippen LogP contribution in [-0.4, -0.2) is 17.6 Å². The number of benzene rings is 1. The summed E-state index contributed by atoms with van der Waals surface area (Å²) in [6, 6.07) is 8.29. The molecule has 0 spiro atoms. The third-order valence-corrected chi connectivity index (χ3v) is 3.13. The number of rotatable bonds is 6. The zero-order chi connectivity index (χ0) is 13.6. The molecule has 0 saturated carbocycles. The highest BCUT2D eigenvalue weighted by Gasteiger charge is 2.22. The summed E-state index contributed by atoms with van der Waals surface area (Å²) >= 11 is 0. The number of nitrogens with two attached hydrogens (primary N) is 1. The number of anilines is 1. The van der Waals surface area contributed by atoms with Crippen LogP contribution in [0.1, 0.15) is 32.3 Å². The summed E-state index contributed by atoms with van der Waals surface area (Å²) in [6.07, 6.45) is 1.85. The second kappa shape index (κ2) is 6.28. The summed E-state index contributed by atoms with van der Waals surface area (Å²) in [4.78, 5) is 0. The Hall–Kier alpha value is -1.71. The van der Waals surface area contributed by atoms with E-state index in [2.05, 4.69) is 35.6 Å². The zero-order valence-electron chi connectivity index (χ0n) is 11.4. The van der Waals surface area contributed by atoms with E-state index in [1.54, 1.807) is 0 Å². The molecule has 4 N–H and O–H groups in total. The summed E-state index contributed by atoms with van der Waals surface area (Å²) in [5, 5.41) is 15.1. The van der Waals surface area contributed by atoms with E-state index in [0.29, 0.717) is 0 Å². The van der Waals surface area contributed by atoms with E-state index in [0.717, 1.165) is 25.1 Å². The first kappa shape index (κ1) is 14.4. The molecule has 0 aliphatic carbocycles. The van der Waals surface area contributed by atoms with Gasteiger partial charge in [-0.3, -0.25) is 0 Å². The van der Waals surface area contributed by atoms with Crippen molar-refractivity contribution < 1.29 is 5.21 Å². The van der Waals surface area contributed by atoms with Crippen LogP contribution in [0.25, 0.3) is 0 Å². The molecule has 100 valence electrons. The van der Waals surface area contributed by atoms with Crippen LogP contribution in [0, 0.1) is 12.3 Å². The van der Waals surface area contributed by atoms with E-state index in [-0.39, 0.29) is 11.3 Å². The van der Waals surface area contributed by atoms with Crippen LogP contribution in [0.15, 0.2) is 29.4 Å². The van der Waals surface area contributed by atoms with Crippen LogP contribution in [0.5, 0.6) is 0 Å². The first-order valence-corrected chi connectivity index (χ1v) is 6.24. The molecule has 18 heavy (non-hydrogen) atoms. The monoisotopic (exact) mass is 249 g/mol. The molecule has 0 unspecified atom stereocenters. The molecule has 1 aromatic carbocycles. The SMILES string of the molecule is Cc1cccc(NCCCC(C)(C)C(N)=NO)c1. The van der Waals surface area contributed by atoms with Gasteiger partial charge in [-0.1, -0.05) is 31.1 Å². The molecule has 0 aliphatic heterocycles. The molecular weight excluding hydrogens is 226 g/mol. The van der Waals surface area contributed by atoms with Crippen molar-refractivity contribution in [3.63, 3.8) is 0 Å². The van der Waals surface area contributed by atoms with Gasteiger partial charge in [0, 0.05) is 17.6 Å². The van der Waals surface area contributed by atoms with Crippen molar-refractivity contribution in [2.75, 3.05) is 11.9 Å². The molecule has 0 amide bonds. The Morgan fingerprint density at radius 1 is 1.44 bits per heavy atom. The zero-order valence-corrected chi connectivity index (χ0v) is 11.4. The van der Waals surface area contributed by atoms with E-state index in [1.165, 1.54) is 5.56 Å². The van der Waals surface area contributed by atoms with Crippen LogP contribution in [0.4, 0.5) is 5.69 Å². The van der Waals surface area contributed by atoms with Gasteiger partial charge < -0.3 is 16.3 Å². The standard InChI is InChI=1S/C14H23N3O/c1-11-6-4-7-12(10-11)16-9-5-8-14(2,3)13(15)17-18/h4,6-7,10,16,18H,5,8-9H2,1-3H3,(H2,15,17). The molecule has 4 heteroatoms. The molecule has 0 radical (unpaired) electrons. The summed E-state index contributed by atoms with van der Waals surface area (Å²) in [5.41, 5.74) is 7.77. The molecule has 0 bridgehead atoms. The first-order chi connectivity index (χ1) is 8.45. The van der Waals surface area contributed by atoms with Crippen molar-refractivity contribution >= 4 is 11.5 Å². The lowest BCUT2D eigenvalue weighted by Crippen LogP contribution is -2.32. The fourth-order valence-electron chi connectivity index (χ4n) is 1.78. The molecule has 0 heterocycles. The number of nitrogens with one attached hydrogen (secondary N) is 1. The van der Waals surface area contributed by atoms with Gasteiger partial charge in [0.2, 0.25) is 0 Å². The number of hydrogen-bond donors (Lipinski definition) is 3. The van der Waals surface area contributed by atoms with Crippen molar-refractivity contribution in [2.45, 2.75) is 33.6 Å². The van der Waals surface area contributed by atoms with Gasteiger partial charge in [-0.25, -0.2) is 0 Å². The fraction of sp³-hybridized carbons (Fsp3) is 0.500. The lowest BCUT2D eigenvalue weighted by atomic mass is 9.86. The van der Waals surface area contributed by atoms with Crippen molar-refractivity contribution in [1.29, 1.82) is 0 Å². The van der Waals surface area contributed by atoms with Crippen LogP contribution in [0.3, 0.4) is 0 Å². The maximum absolute atomic E-state index is 8.68. The molecule has 1 rings (SSSR count). The molecule has 0 aliphatic rings. The number of aryl methyl sites for hydroxylation is 1. The summed E-state index contributed by atoms with van der Waals surface area (Å²) in [6.45, 7) is 6.92. The van der Waals surface area contributed by atoms with E-state index in [4.69, 9.17) is 10.9 Å². The predicted octanol–water partition coefficient (Wildman–Crippen LogP) is 2.96. The van der Waals surface area contributed by atoms with Gasteiger partial charge in [0.15, 0.2) is 0 Å². The van der Waals surface area contributed by atoms with Crippen molar-refractivity contribution in [3.05, 3.63) is 29.8 Å². The van der Waals surface area contributed by atoms with E-state index < -0.39 is 0 Å². The van der Waals surface area contributed by atoms with Crippen LogP contribution in [-0.2, 0) is 0 Å². The molecule has 4 nitrogen and oxygen atoms in total. The average Bonchev–Trinajstić information content (AvgIpc) is 2.33. The lowest BCUT2D eigenvalue weighted by molar-refractivity contribution is 0.305. The van der Waals surface area contributed by atoms with Crippen molar-refractivity contribution in [1.82, 2.24) is 0 Å². The van der Waals surface area contributed by atoms with E-state index in [9.17, 15) is 0 Å². The minimum absolute atomic E-state index is 0.261. The molecule has 0 fully saturated rings. The maximum Gasteiger partial charge on any atom is 0.144 e. The highest BCUT2D eigenvalue weighted by molar-refractivity contribution is 5.85. The van der Waals surface area contributed by atoms with Crippen molar-refractivity contribution in [2.24, 2.45) is 16.3 Å². The van der Waals surface area contributed by atoms with Crippen LogP contribution in [0.2, 0.25) is 0 Å². The molecular formula is C14H23N3O. The van der Waals surface area contributed by atoms with Gasteiger partial charge >= 0.3 is 0 Å². The summed E-state index contributed by atoms with van der Waals surface area (Å²) in [5.74, 6) is 0.290. The van der Waals surface area contributed by atoms with Gasteiger partial charge in [-0.05, 0) is 37.5 Å². The average molecular weight is 249 g/mol. The Morgan fingerprint density at radius 3 is 2.78 bits per heavy atom. The largest absolute Gasteiger partial charge is 0.409 e. The topological polar surface area (TPSA) is 70.6 Å². The Morgan fingerprint density at radius 2 is 2.17 bits per heavy atom. The fourth-order valence-corrected chi connectivity index (χ4v) is 1.78. The number of amidine groups is 1. The minimum atomic E-state index is -0.261. The van der Waals surface area contributed by atoms with Gasteiger partial charge in [0.05, 0.1) is 0 Å². The van der Waals surface area contributed by atoms with Crippen LogP contribution < -0.4 is 11.1 Å². The molecule has 0 saturated heterocycles. The maximum atomic E-state index is 8.68. The normalized spacial score (nSPS) is 12.5. The highest BCUT2D eigenvalue weighted by Crippen LogP contribution is 2.22. The third kappa shape index (κ3) is 4.28. The third-order valence-electron chi connectivity index (χ3n) is 3.13. The van der Waals surface area contributed by atoms with Gasteiger partial charge in [0.25, 0.3) is 0 Å². The second-order valence-electron chi connectivity index (χ2n) is 5.27. The lowest BCUT2D eigenvalue weighted by Gasteiger charge is -2.22.